The quantitative estimate of drug-likeness (QED) is 0.580. The molecule has 0 bridgehead atoms. The molecule has 2 aromatic rings. The predicted octanol–water partition coefficient (Wildman–Crippen LogP) is 3.03. The van der Waals surface area contributed by atoms with Crippen molar-refractivity contribution >= 4 is 23.5 Å². The fraction of sp³-hybridized carbons (Fsp3) is 0.318. The lowest BCUT2D eigenvalue weighted by Gasteiger charge is -2.13. The number of nitrogens with one attached hydrogen (secondary N) is 2. The summed E-state index contributed by atoms with van der Waals surface area (Å²) in [5.41, 5.74) is 1.21. The first-order chi connectivity index (χ1) is 14.5. The third kappa shape index (κ3) is 6.51. The maximum absolute atomic E-state index is 12.3. The molecule has 0 atom stereocenters. The zero-order chi connectivity index (χ0) is 21.9. The second kappa shape index (κ2) is 11.5. The van der Waals surface area contributed by atoms with Crippen molar-refractivity contribution in [2.75, 3.05) is 32.2 Å². The summed E-state index contributed by atoms with van der Waals surface area (Å²) >= 11 is 0. The first-order valence-corrected chi connectivity index (χ1v) is 9.67. The number of carbonyl (C=O) groups is 3. The van der Waals surface area contributed by atoms with Gasteiger partial charge >= 0.3 is 5.97 Å². The van der Waals surface area contributed by atoms with Crippen LogP contribution in [-0.4, -0.2) is 44.7 Å². The molecule has 0 saturated heterocycles. The van der Waals surface area contributed by atoms with Crippen molar-refractivity contribution in [1.82, 2.24) is 5.32 Å². The van der Waals surface area contributed by atoms with Crippen LogP contribution in [0.1, 0.15) is 41.0 Å². The maximum Gasteiger partial charge on any atom is 0.338 e. The molecule has 0 saturated carbocycles. The summed E-state index contributed by atoms with van der Waals surface area (Å²) in [5, 5.41) is 5.12. The molecule has 0 aliphatic heterocycles. The molecule has 0 unspecified atom stereocenters. The third-order valence-electron chi connectivity index (χ3n) is 3.93. The van der Waals surface area contributed by atoms with Gasteiger partial charge in [0.15, 0.2) is 18.1 Å². The molecular weight excluding hydrogens is 388 g/mol. The average molecular weight is 414 g/mol. The lowest BCUT2D eigenvalue weighted by Crippen LogP contribution is -2.21. The first kappa shape index (κ1) is 22.7. The van der Waals surface area contributed by atoms with E-state index in [-0.39, 0.29) is 11.5 Å². The molecule has 2 rings (SSSR count). The van der Waals surface area contributed by atoms with Gasteiger partial charge in [0.1, 0.15) is 0 Å². The van der Waals surface area contributed by atoms with Crippen LogP contribution in [0.4, 0.5) is 5.69 Å². The Morgan fingerprint density at radius 2 is 1.60 bits per heavy atom. The number of ether oxygens (including phenoxy) is 3. The van der Waals surface area contributed by atoms with Gasteiger partial charge in [-0.05, 0) is 55.8 Å². The fourth-order valence-corrected chi connectivity index (χ4v) is 2.50. The van der Waals surface area contributed by atoms with E-state index >= 15 is 0 Å². The van der Waals surface area contributed by atoms with E-state index in [9.17, 15) is 14.4 Å². The summed E-state index contributed by atoms with van der Waals surface area (Å²) in [6.07, 6.45) is 0.846. The molecular formula is C22H26N2O6. The summed E-state index contributed by atoms with van der Waals surface area (Å²) < 4.78 is 16.2. The molecule has 0 aliphatic rings. The summed E-state index contributed by atoms with van der Waals surface area (Å²) in [6, 6.07) is 11.1. The second-order valence-electron chi connectivity index (χ2n) is 6.22. The number of hydrogen-bond acceptors (Lipinski definition) is 6. The van der Waals surface area contributed by atoms with E-state index in [4.69, 9.17) is 14.2 Å². The van der Waals surface area contributed by atoms with Crippen LogP contribution in [-0.2, 0) is 9.53 Å². The number of esters is 1. The first-order valence-electron chi connectivity index (χ1n) is 9.67. The number of anilines is 1. The SMILES string of the molecule is CCCOc1ccc(C(=O)OCC(=O)Nc2ccc(C(=O)NC)cc2)cc1OCC. The van der Waals surface area contributed by atoms with Crippen LogP contribution in [0.3, 0.4) is 0 Å². The molecule has 30 heavy (non-hydrogen) atoms. The Morgan fingerprint density at radius 1 is 0.900 bits per heavy atom. The zero-order valence-electron chi connectivity index (χ0n) is 17.3. The summed E-state index contributed by atoms with van der Waals surface area (Å²) in [7, 11) is 1.54. The van der Waals surface area contributed by atoms with Gasteiger partial charge in [-0.1, -0.05) is 6.92 Å². The molecule has 8 heteroatoms. The van der Waals surface area contributed by atoms with Gasteiger partial charge in [-0.15, -0.1) is 0 Å². The largest absolute Gasteiger partial charge is 0.490 e. The Bertz CT molecular complexity index is 880. The molecule has 8 nitrogen and oxygen atoms in total. The number of amides is 2. The van der Waals surface area contributed by atoms with Gasteiger partial charge in [0.2, 0.25) is 0 Å². The molecule has 160 valence electrons. The van der Waals surface area contributed by atoms with E-state index in [2.05, 4.69) is 10.6 Å². The monoisotopic (exact) mass is 414 g/mol. The molecule has 0 radical (unpaired) electrons. The smallest absolute Gasteiger partial charge is 0.338 e. The van der Waals surface area contributed by atoms with Crippen LogP contribution < -0.4 is 20.1 Å². The van der Waals surface area contributed by atoms with Crippen LogP contribution in [0.5, 0.6) is 11.5 Å². The van der Waals surface area contributed by atoms with E-state index in [1.165, 1.54) is 13.1 Å². The van der Waals surface area contributed by atoms with E-state index < -0.39 is 18.5 Å². The highest BCUT2D eigenvalue weighted by Gasteiger charge is 2.14. The Hall–Kier alpha value is -3.55. The lowest BCUT2D eigenvalue weighted by molar-refractivity contribution is -0.119. The van der Waals surface area contributed by atoms with Crippen molar-refractivity contribution in [3.63, 3.8) is 0 Å². The van der Waals surface area contributed by atoms with Gasteiger partial charge in [0, 0.05) is 18.3 Å². The van der Waals surface area contributed by atoms with Crippen LogP contribution in [0.25, 0.3) is 0 Å². The van der Waals surface area contributed by atoms with Gasteiger partial charge in [-0.2, -0.15) is 0 Å². The molecule has 0 spiro atoms. The predicted molar refractivity (Wildman–Crippen MR) is 112 cm³/mol. The fourth-order valence-electron chi connectivity index (χ4n) is 2.50. The van der Waals surface area contributed by atoms with E-state index in [0.717, 1.165) is 6.42 Å². The number of carbonyl (C=O) groups excluding carboxylic acids is 3. The summed E-state index contributed by atoms with van der Waals surface area (Å²) in [4.78, 5) is 35.9. The van der Waals surface area contributed by atoms with Crippen LogP contribution >= 0.6 is 0 Å². The van der Waals surface area contributed by atoms with Gasteiger partial charge in [0.05, 0.1) is 18.8 Å². The lowest BCUT2D eigenvalue weighted by atomic mass is 10.2. The van der Waals surface area contributed by atoms with Crippen molar-refractivity contribution < 1.29 is 28.6 Å². The molecule has 0 aromatic heterocycles. The molecule has 0 fully saturated rings. The van der Waals surface area contributed by atoms with Crippen molar-refractivity contribution in [2.45, 2.75) is 20.3 Å². The van der Waals surface area contributed by atoms with Gasteiger partial charge in [-0.3, -0.25) is 9.59 Å². The standard InChI is InChI=1S/C22H26N2O6/c1-4-12-29-18-11-8-16(13-19(18)28-5-2)22(27)30-14-20(25)24-17-9-6-15(7-10-17)21(26)23-3/h6-11,13H,4-5,12,14H2,1-3H3,(H,23,26)(H,24,25). The normalized spacial score (nSPS) is 10.1. The van der Waals surface area contributed by atoms with Crippen molar-refractivity contribution in [1.29, 1.82) is 0 Å². The van der Waals surface area contributed by atoms with E-state index in [1.807, 2.05) is 13.8 Å². The summed E-state index contributed by atoms with van der Waals surface area (Å²) in [5.74, 6) is -0.374. The maximum atomic E-state index is 12.3. The van der Waals surface area contributed by atoms with E-state index in [0.29, 0.717) is 36.0 Å². The second-order valence-corrected chi connectivity index (χ2v) is 6.22. The molecule has 2 aromatic carbocycles. The van der Waals surface area contributed by atoms with Gasteiger partial charge in [0.25, 0.3) is 11.8 Å². The van der Waals surface area contributed by atoms with Gasteiger partial charge in [-0.25, -0.2) is 4.79 Å². The number of hydrogen-bond donors (Lipinski definition) is 2. The molecule has 2 N–H and O–H groups in total. The number of benzene rings is 2. The average Bonchev–Trinajstić information content (AvgIpc) is 2.76. The third-order valence-corrected chi connectivity index (χ3v) is 3.93. The highest BCUT2D eigenvalue weighted by molar-refractivity contribution is 5.97. The summed E-state index contributed by atoms with van der Waals surface area (Å²) in [6.45, 7) is 4.33. The highest BCUT2D eigenvalue weighted by Crippen LogP contribution is 2.29. The molecule has 0 aliphatic carbocycles. The minimum absolute atomic E-state index is 0.223. The minimum Gasteiger partial charge on any atom is -0.490 e. The minimum atomic E-state index is -0.650. The van der Waals surface area contributed by atoms with Crippen LogP contribution in [0, 0.1) is 0 Å². The molecule has 2 amide bonds. The zero-order valence-corrected chi connectivity index (χ0v) is 17.3. The van der Waals surface area contributed by atoms with Crippen molar-refractivity contribution in [3.8, 4) is 11.5 Å². The Labute approximate surface area is 175 Å². The van der Waals surface area contributed by atoms with Crippen LogP contribution in [0.15, 0.2) is 42.5 Å². The topological polar surface area (TPSA) is 103 Å². The van der Waals surface area contributed by atoms with Crippen LogP contribution in [0.2, 0.25) is 0 Å². The van der Waals surface area contributed by atoms with E-state index in [1.54, 1.807) is 36.4 Å². The van der Waals surface area contributed by atoms with Crippen molar-refractivity contribution in [3.05, 3.63) is 53.6 Å². The number of rotatable bonds is 10. The van der Waals surface area contributed by atoms with Gasteiger partial charge < -0.3 is 24.8 Å². The highest BCUT2D eigenvalue weighted by atomic mass is 16.5. The van der Waals surface area contributed by atoms with Crippen molar-refractivity contribution in [2.24, 2.45) is 0 Å². The Balaban J connectivity index is 1.93. The molecule has 0 heterocycles. The Morgan fingerprint density at radius 3 is 2.23 bits per heavy atom. The Kier molecular flexibility index (Phi) is 8.68.